The van der Waals surface area contributed by atoms with Crippen LogP contribution in [0.3, 0.4) is 0 Å². The average Bonchev–Trinajstić information content (AvgIpc) is 2.91. The van der Waals surface area contributed by atoms with Gasteiger partial charge in [-0.15, -0.1) is 0 Å². The second kappa shape index (κ2) is 5.48. The lowest BCUT2D eigenvalue weighted by molar-refractivity contribution is 0.362. The molecule has 1 heterocycles. The summed E-state index contributed by atoms with van der Waals surface area (Å²) in [6, 6.07) is 0.476. The van der Waals surface area contributed by atoms with E-state index in [0.29, 0.717) is 6.04 Å². The van der Waals surface area contributed by atoms with Gasteiger partial charge >= 0.3 is 0 Å². The summed E-state index contributed by atoms with van der Waals surface area (Å²) in [4.78, 5) is 4.51. The summed E-state index contributed by atoms with van der Waals surface area (Å²) in [5.41, 5.74) is 1.22. The van der Waals surface area contributed by atoms with Crippen molar-refractivity contribution in [1.82, 2.24) is 14.9 Å². The van der Waals surface area contributed by atoms with Gasteiger partial charge in [0.05, 0.1) is 18.1 Å². The van der Waals surface area contributed by atoms with Crippen molar-refractivity contribution >= 4 is 0 Å². The Hall–Kier alpha value is -0.830. The monoisotopic (exact) mass is 221 g/mol. The van der Waals surface area contributed by atoms with Gasteiger partial charge in [-0.3, -0.25) is 0 Å². The largest absolute Gasteiger partial charge is 0.340 e. The number of hydrogen-bond donors (Lipinski definition) is 1. The SMILES string of the molecule is CCCNC(c1cn(C)cn1)C1CCCC1. The fraction of sp³-hybridized carbons (Fsp3) is 0.769. The molecule has 16 heavy (non-hydrogen) atoms. The molecule has 1 aliphatic carbocycles. The van der Waals surface area contributed by atoms with Gasteiger partial charge in [-0.2, -0.15) is 0 Å². The molecule has 0 aliphatic heterocycles. The Labute approximate surface area is 98.3 Å². The molecule has 1 N–H and O–H groups in total. The third kappa shape index (κ3) is 2.64. The molecule has 0 radical (unpaired) electrons. The molecule has 3 nitrogen and oxygen atoms in total. The molecule has 1 atom stereocenters. The van der Waals surface area contributed by atoms with Crippen molar-refractivity contribution in [1.29, 1.82) is 0 Å². The summed E-state index contributed by atoms with van der Waals surface area (Å²) in [6.45, 7) is 3.31. The first kappa shape index (κ1) is 11.6. The van der Waals surface area contributed by atoms with Crippen LogP contribution in [0, 0.1) is 5.92 Å². The number of nitrogens with zero attached hydrogens (tertiary/aromatic N) is 2. The van der Waals surface area contributed by atoms with Crippen molar-refractivity contribution in [3.63, 3.8) is 0 Å². The Morgan fingerprint density at radius 3 is 2.81 bits per heavy atom. The molecule has 0 saturated heterocycles. The van der Waals surface area contributed by atoms with Gasteiger partial charge in [0.15, 0.2) is 0 Å². The zero-order chi connectivity index (χ0) is 11.4. The molecule has 1 fully saturated rings. The summed E-state index contributed by atoms with van der Waals surface area (Å²) < 4.78 is 2.05. The fourth-order valence-corrected chi connectivity index (χ4v) is 2.70. The molecule has 1 aromatic heterocycles. The Balaban J connectivity index is 2.06. The van der Waals surface area contributed by atoms with E-state index in [9.17, 15) is 0 Å². The van der Waals surface area contributed by atoms with E-state index in [1.807, 2.05) is 17.9 Å². The topological polar surface area (TPSA) is 29.9 Å². The van der Waals surface area contributed by atoms with Gasteiger partial charge in [0.1, 0.15) is 0 Å². The highest BCUT2D eigenvalue weighted by Gasteiger charge is 2.27. The molecule has 1 saturated carbocycles. The van der Waals surface area contributed by atoms with E-state index in [1.165, 1.54) is 37.8 Å². The first-order valence-corrected chi connectivity index (χ1v) is 6.52. The van der Waals surface area contributed by atoms with Crippen molar-refractivity contribution in [3.8, 4) is 0 Å². The summed E-state index contributed by atoms with van der Waals surface area (Å²) >= 11 is 0. The molecule has 90 valence electrons. The number of rotatable bonds is 5. The van der Waals surface area contributed by atoms with Crippen molar-refractivity contribution in [3.05, 3.63) is 18.2 Å². The van der Waals surface area contributed by atoms with E-state index in [2.05, 4.69) is 23.4 Å². The zero-order valence-corrected chi connectivity index (χ0v) is 10.4. The van der Waals surface area contributed by atoms with Crippen LogP contribution in [0.4, 0.5) is 0 Å². The van der Waals surface area contributed by atoms with Gasteiger partial charge in [0.2, 0.25) is 0 Å². The maximum Gasteiger partial charge on any atom is 0.0947 e. The van der Waals surface area contributed by atoms with E-state index in [4.69, 9.17) is 0 Å². The highest BCUT2D eigenvalue weighted by atomic mass is 15.0. The normalized spacial score (nSPS) is 19.1. The molecule has 1 aromatic rings. The maximum atomic E-state index is 4.51. The molecular weight excluding hydrogens is 198 g/mol. The first-order chi connectivity index (χ1) is 7.81. The van der Waals surface area contributed by atoms with Crippen LogP contribution in [-0.4, -0.2) is 16.1 Å². The van der Waals surface area contributed by atoms with Crippen LogP contribution in [0.5, 0.6) is 0 Å². The Bertz CT molecular complexity index is 313. The van der Waals surface area contributed by atoms with Gasteiger partial charge in [0.25, 0.3) is 0 Å². The van der Waals surface area contributed by atoms with Crippen molar-refractivity contribution < 1.29 is 0 Å². The average molecular weight is 221 g/mol. The van der Waals surface area contributed by atoms with Gasteiger partial charge in [-0.05, 0) is 31.7 Å². The molecule has 1 unspecified atom stereocenters. The predicted molar refractivity (Wildman–Crippen MR) is 66.2 cm³/mol. The summed E-state index contributed by atoms with van der Waals surface area (Å²) in [7, 11) is 2.04. The Morgan fingerprint density at radius 2 is 2.25 bits per heavy atom. The fourth-order valence-electron chi connectivity index (χ4n) is 2.70. The van der Waals surface area contributed by atoms with Gasteiger partial charge in [-0.1, -0.05) is 19.8 Å². The van der Waals surface area contributed by atoms with Crippen LogP contribution < -0.4 is 5.32 Å². The van der Waals surface area contributed by atoms with Gasteiger partial charge in [-0.25, -0.2) is 4.98 Å². The summed E-state index contributed by atoms with van der Waals surface area (Å²) in [6.07, 6.45) is 10.8. The van der Waals surface area contributed by atoms with Crippen LogP contribution in [-0.2, 0) is 7.05 Å². The Morgan fingerprint density at radius 1 is 1.50 bits per heavy atom. The Kier molecular flexibility index (Phi) is 3.99. The van der Waals surface area contributed by atoms with Gasteiger partial charge < -0.3 is 9.88 Å². The van der Waals surface area contributed by atoms with E-state index in [-0.39, 0.29) is 0 Å². The highest BCUT2D eigenvalue weighted by molar-refractivity contribution is 5.06. The standard InChI is InChI=1S/C13H23N3/c1-3-8-14-13(11-6-4-5-7-11)12-9-16(2)10-15-12/h9-11,13-14H,3-8H2,1-2H3. The minimum Gasteiger partial charge on any atom is -0.340 e. The second-order valence-corrected chi connectivity index (χ2v) is 4.94. The lowest BCUT2D eigenvalue weighted by atomic mass is 9.95. The number of imidazole rings is 1. The zero-order valence-electron chi connectivity index (χ0n) is 10.4. The van der Waals surface area contributed by atoms with Crippen molar-refractivity contribution in [2.75, 3.05) is 6.54 Å². The van der Waals surface area contributed by atoms with E-state index < -0.39 is 0 Å². The molecule has 0 bridgehead atoms. The minimum absolute atomic E-state index is 0.476. The van der Waals surface area contributed by atoms with E-state index in [0.717, 1.165) is 12.5 Å². The minimum atomic E-state index is 0.476. The lowest BCUT2D eigenvalue weighted by Crippen LogP contribution is -2.28. The molecular formula is C13H23N3. The maximum absolute atomic E-state index is 4.51. The van der Waals surface area contributed by atoms with Gasteiger partial charge in [0, 0.05) is 13.2 Å². The van der Waals surface area contributed by atoms with Crippen LogP contribution >= 0.6 is 0 Å². The second-order valence-electron chi connectivity index (χ2n) is 4.94. The van der Waals surface area contributed by atoms with Crippen molar-refractivity contribution in [2.24, 2.45) is 13.0 Å². The predicted octanol–water partition coefficient (Wildman–Crippen LogP) is 2.65. The molecule has 1 aliphatic rings. The quantitative estimate of drug-likeness (QED) is 0.828. The highest BCUT2D eigenvalue weighted by Crippen LogP contribution is 2.34. The summed E-state index contributed by atoms with van der Waals surface area (Å²) in [5.74, 6) is 0.793. The van der Waals surface area contributed by atoms with Crippen LogP contribution in [0.15, 0.2) is 12.5 Å². The molecule has 3 heteroatoms. The van der Waals surface area contributed by atoms with E-state index >= 15 is 0 Å². The van der Waals surface area contributed by atoms with E-state index in [1.54, 1.807) is 0 Å². The molecule has 2 rings (SSSR count). The smallest absolute Gasteiger partial charge is 0.0947 e. The van der Waals surface area contributed by atoms with Crippen LogP contribution in [0.1, 0.15) is 50.8 Å². The third-order valence-electron chi connectivity index (χ3n) is 3.53. The molecule has 0 spiro atoms. The summed E-state index contributed by atoms with van der Waals surface area (Å²) in [5, 5.41) is 3.67. The first-order valence-electron chi connectivity index (χ1n) is 6.52. The number of nitrogens with one attached hydrogen (secondary N) is 1. The third-order valence-corrected chi connectivity index (χ3v) is 3.53. The number of aryl methyl sites for hydroxylation is 1. The van der Waals surface area contributed by atoms with Crippen LogP contribution in [0.25, 0.3) is 0 Å². The van der Waals surface area contributed by atoms with Crippen molar-refractivity contribution in [2.45, 2.75) is 45.1 Å². The number of hydrogen-bond acceptors (Lipinski definition) is 2. The van der Waals surface area contributed by atoms with Crippen LogP contribution in [0.2, 0.25) is 0 Å². The lowest BCUT2D eigenvalue weighted by Gasteiger charge is -2.22. The number of aromatic nitrogens is 2. The molecule has 0 amide bonds. The molecule has 0 aromatic carbocycles.